The molecule has 1 aromatic heterocycles. The molecular formula is C21H25N3. The minimum atomic E-state index is 0.634. The number of nitrogens with one attached hydrogen (secondary N) is 1. The van der Waals surface area contributed by atoms with Crippen molar-refractivity contribution in [3.05, 3.63) is 47.0 Å². The van der Waals surface area contributed by atoms with Gasteiger partial charge in [-0.2, -0.15) is 5.26 Å². The van der Waals surface area contributed by atoms with Crippen LogP contribution in [0, 0.1) is 17.2 Å². The van der Waals surface area contributed by atoms with Crippen LogP contribution in [-0.2, 0) is 12.8 Å². The first-order chi connectivity index (χ1) is 11.7. The summed E-state index contributed by atoms with van der Waals surface area (Å²) in [7, 11) is 0. The van der Waals surface area contributed by atoms with E-state index in [1.807, 2.05) is 6.07 Å². The summed E-state index contributed by atoms with van der Waals surface area (Å²) in [6, 6.07) is 12.8. The Labute approximate surface area is 144 Å². The molecule has 3 nitrogen and oxygen atoms in total. The second kappa shape index (κ2) is 7.49. The minimum Gasteiger partial charge on any atom is -0.369 e. The topological polar surface area (TPSA) is 48.7 Å². The molecule has 0 aliphatic heterocycles. The Morgan fingerprint density at radius 2 is 1.83 bits per heavy atom. The van der Waals surface area contributed by atoms with E-state index in [-0.39, 0.29) is 0 Å². The summed E-state index contributed by atoms with van der Waals surface area (Å²) in [4.78, 5) is 4.89. The van der Waals surface area contributed by atoms with Gasteiger partial charge in [0.25, 0.3) is 0 Å². The molecule has 0 saturated carbocycles. The van der Waals surface area contributed by atoms with Gasteiger partial charge in [-0.1, -0.05) is 44.2 Å². The van der Waals surface area contributed by atoms with E-state index in [1.54, 1.807) is 0 Å². The number of nitrogens with zero attached hydrogens (tertiary/aromatic N) is 2. The van der Waals surface area contributed by atoms with Crippen LogP contribution in [0.4, 0.5) is 5.82 Å². The van der Waals surface area contributed by atoms with Gasteiger partial charge in [0.1, 0.15) is 11.9 Å². The van der Waals surface area contributed by atoms with E-state index >= 15 is 0 Å². The van der Waals surface area contributed by atoms with Gasteiger partial charge < -0.3 is 5.32 Å². The number of benzene rings is 1. The number of anilines is 1. The summed E-state index contributed by atoms with van der Waals surface area (Å²) in [5.74, 6) is 1.40. The molecule has 0 saturated heterocycles. The molecule has 1 aliphatic carbocycles. The molecule has 1 heterocycles. The minimum absolute atomic E-state index is 0.634. The van der Waals surface area contributed by atoms with Crippen LogP contribution in [-0.4, -0.2) is 11.5 Å². The fraction of sp³-hybridized carbons (Fsp3) is 0.429. The largest absolute Gasteiger partial charge is 0.369 e. The predicted octanol–water partition coefficient (Wildman–Crippen LogP) is 4.96. The quantitative estimate of drug-likeness (QED) is 0.847. The van der Waals surface area contributed by atoms with Crippen LogP contribution in [0.1, 0.15) is 49.8 Å². The Kier molecular flexibility index (Phi) is 5.15. The Morgan fingerprint density at radius 3 is 2.50 bits per heavy atom. The number of hydrogen-bond acceptors (Lipinski definition) is 3. The lowest BCUT2D eigenvalue weighted by molar-refractivity contribution is 0.606. The van der Waals surface area contributed by atoms with Crippen LogP contribution in [0.2, 0.25) is 0 Å². The molecular weight excluding hydrogens is 294 g/mol. The maximum absolute atomic E-state index is 9.71. The lowest BCUT2D eigenvalue weighted by Crippen LogP contribution is -2.14. The maximum atomic E-state index is 9.71. The standard InChI is InChI=1S/C21H25N3/c1-15(2)12-13-23-21-19(14-22)17-10-6-7-11-18(17)20(24-21)16-8-4-3-5-9-16/h3-5,8-9,15H,6-7,10-13H2,1-2H3,(H,23,24). The lowest BCUT2D eigenvalue weighted by Gasteiger charge is -2.23. The van der Waals surface area contributed by atoms with Crippen molar-refractivity contribution in [2.75, 3.05) is 11.9 Å². The van der Waals surface area contributed by atoms with Crippen molar-refractivity contribution in [3.8, 4) is 17.3 Å². The summed E-state index contributed by atoms with van der Waals surface area (Å²) >= 11 is 0. The number of fused-ring (bicyclic) bond motifs is 1. The third-order valence-corrected chi connectivity index (χ3v) is 4.69. The predicted molar refractivity (Wildman–Crippen MR) is 99.0 cm³/mol. The molecule has 3 rings (SSSR count). The number of rotatable bonds is 5. The number of nitriles is 1. The summed E-state index contributed by atoms with van der Waals surface area (Å²) < 4.78 is 0. The molecule has 1 aromatic carbocycles. The van der Waals surface area contributed by atoms with Crippen molar-refractivity contribution < 1.29 is 0 Å². The third-order valence-electron chi connectivity index (χ3n) is 4.69. The van der Waals surface area contributed by atoms with Gasteiger partial charge in [0.15, 0.2) is 0 Å². The average molecular weight is 319 g/mol. The van der Waals surface area contributed by atoms with Crippen LogP contribution < -0.4 is 5.32 Å². The second-order valence-electron chi connectivity index (χ2n) is 6.94. The van der Waals surface area contributed by atoms with Gasteiger partial charge in [-0.25, -0.2) is 4.98 Å². The Morgan fingerprint density at radius 1 is 1.12 bits per heavy atom. The number of hydrogen-bond donors (Lipinski definition) is 1. The highest BCUT2D eigenvalue weighted by molar-refractivity contribution is 5.72. The van der Waals surface area contributed by atoms with E-state index in [0.29, 0.717) is 5.92 Å². The zero-order valence-electron chi connectivity index (χ0n) is 14.6. The van der Waals surface area contributed by atoms with Crippen LogP contribution in [0.5, 0.6) is 0 Å². The van der Waals surface area contributed by atoms with Crippen LogP contribution in [0.3, 0.4) is 0 Å². The third kappa shape index (κ3) is 3.43. The fourth-order valence-electron chi connectivity index (χ4n) is 3.38. The van der Waals surface area contributed by atoms with Gasteiger partial charge in [0.2, 0.25) is 0 Å². The number of pyridine rings is 1. The van der Waals surface area contributed by atoms with E-state index in [9.17, 15) is 5.26 Å². The summed E-state index contributed by atoms with van der Waals surface area (Å²) in [6.07, 6.45) is 5.42. The highest BCUT2D eigenvalue weighted by atomic mass is 15.0. The van der Waals surface area contributed by atoms with Crippen molar-refractivity contribution in [2.45, 2.75) is 46.0 Å². The highest BCUT2D eigenvalue weighted by Crippen LogP contribution is 2.35. The Hall–Kier alpha value is -2.34. The first-order valence-electron chi connectivity index (χ1n) is 8.96. The van der Waals surface area contributed by atoms with E-state index < -0.39 is 0 Å². The van der Waals surface area contributed by atoms with Gasteiger partial charge in [-0.15, -0.1) is 0 Å². The van der Waals surface area contributed by atoms with Crippen molar-refractivity contribution in [1.82, 2.24) is 4.98 Å². The second-order valence-corrected chi connectivity index (χ2v) is 6.94. The monoisotopic (exact) mass is 319 g/mol. The van der Waals surface area contributed by atoms with Gasteiger partial charge in [-0.3, -0.25) is 0 Å². The molecule has 0 radical (unpaired) electrons. The van der Waals surface area contributed by atoms with E-state index in [2.05, 4.69) is 49.5 Å². The fourth-order valence-corrected chi connectivity index (χ4v) is 3.38. The van der Waals surface area contributed by atoms with Gasteiger partial charge in [0.05, 0.1) is 11.3 Å². The molecule has 0 amide bonds. The smallest absolute Gasteiger partial charge is 0.144 e. The molecule has 0 atom stereocenters. The molecule has 0 bridgehead atoms. The molecule has 0 unspecified atom stereocenters. The zero-order valence-corrected chi connectivity index (χ0v) is 14.6. The van der Waals surface area contributed by atoms with Crippen molar-refractivity contribution >= 4 is 5.82 Å². The van der Waals surface area contributed by atoms with Crippen LogP contribution in [0.15, 0.2) is 30.3 Å². The van der Waals surface area contributed by atoms with Crippen molar-refractivity contribution in [2.24, 2.45) is 5.92 Å². The maximum Gasteiger partial charge on any atom is 0.144 e. The molecule has 0 fully saturated rings. The molecule has 2 aromatic rings. The molecule has 24 heavy (non-hydrogen) atoms. The van der Waals surface area contributed by atoms with E-state index in [0.717, 1.165) is 54.9 Å². The van der Waals surface area contributed by atoms with Gasteiger partial charge >= 0.3 is 0 Å². The molecule has 124 valence electrons. The molecule has 3 heteroatoms. The normalized spacial score (nSPS) is 13.4. The van der Waals surface area contributed by atoms with Crippen molar-refractivity contribution in [3.63, 3.8) is 0 Å². The molecule has 0 spiro atoms. The molecule has 1 aliphatic rings. The Balaban J connectivity index is 2.07. The summed E-state index contributed by atoms with van der Waals surface area (Å²) in [6.45, 7) is 5.28. The van der Waals surface area contributed by atoms with Crippen LogP contribution in [0.25, 0.3) is 11.3 Å². The number of aromatic nitrogens is 1. The SMILES string of the molecule is CC(C)CCNc1nc(-c2ccccc2)c2c(c1C#N)CCCC2. The molecule has 1 N–H and O–H groups in total. The highest BCUT2D eigenvalue weighted by Gasteiger charge is 2.22. The summed E-state index contributed by atoms with van der Waals surface area (Å²) in [5.41, 5.74) is 5.44. The van der Waals surface area contributed by atoms with Crippen molar-refractivity contribution in [1.29, 1.82) is 5.26 Å². The zero-order chi connectivity index (χ0) is 16.9. The van der Waals surface area contributed by atoms with E-state index in [4.69, 9.17) is 4.98 Å². The summed E-state index contributed by atoms with van der Waals surface area (Å²) in [5, 5.41) is 13.1. The van der Waals surface area contributed by atoms with Gasteiger partial charge in [-0.05, 0) is 49.1 Å². The first kappa shape index (κ1) is 16.5. The first-order valence-corrected chi connectivity index (χ1v) is 8.96. The average Bonchev–Trinajstić information content (AvgIpc) is 2.61. The lowest BCUT2D eigenvalue weighted by atomic mass is 9.86. The Bertz CT molecular complexity index is 742. The van der Waals surface area contributed by atoms with Crippen LogP contribution >= 0.6 is 0 Å². The van der Waals surface area contributed by atoms with E-state index in [1.165, 1.54) is 17.5 Å². The van der Waals surface area contributed by atoms with Gasteiger partial charge in [0, 0.05) is 12.1 Å².